The molecule has 3 rings (SSSR count). The van der Waals surface area contributed by atoms with Gasteiger partial charge in [0.05, 0.1) is 16.2 Å². The number of nitrogens with two attached hydrogens (primary N) is 1. The number of anilines is 1. The van der Waals surface area contributed by atoms with Crippen molar-refractivity contribution in [2.24, 2.45) is 0 Å². The van der Waals surface area contributed by atoms with Crippen LogP contribution in [0.15, 0.2) is 30.3 Å². The topological polar surface area (TPSA) is 43.8 Å². The van der Waals surface area contributed by atoms with Gasteiger partial charge in [-0.25, -0.2) is 13.8 Å². The predicted molar refractivity (Wildman–Crippen MR) is 75.4 cm³/mol. The van der Waals surface area contributed by atoms with Gasteiger partial charge in [0.15, 0.2) is 5.82 Å². The Kier molecular flexibility index (Phi) is 3.03. The Balaban J connectivity index is 2.38. The molecule has 1 aromatic heterocycles. The SMILES string of the molecule is Nc1nc2c(F)cc(F)cc2n1-c1ccc(Cl)cc1Cl. The van der Waals surface area contributed by atoms with Crippen molar-refractivity contribution in [2.45, 2.75) is 0 Å². The fourth-order valence-electron chi connectivity index (χ4n) is 2.04. The van der Waals surface area contributed by atoms with Crippen LogP contribution in [0.2, 0.25) is 10.0 Å². The molecule has 0 saturated heterocycles. The Morgan fingerprint density at radius 3 is 2.55 bits per heavy atom. The van der Waals surface area contributed by atoms with Gasteiger partial charge in [0.1, 0.15) is 11.3 Å². The molecule has 0 radical (unpaired) electrons. The van der Waals surface area contributed by atoms with Gasteiger partial charge in [-0.1, -0.05) is 23.2 Å². The molecule has 0 atom stereocenters. The highest BCUT2D eigenvalue weighted by atomic mass is 35.5. The number of rotatable bonds is 1. The van der Waals surface area contributed by atoms with Crippen LogP contribution in [0.3, 0.4) is 0 Å². The molecule has 20 heavy (non-hydrogen) atoms. The summed E-state index contributed by atoms with van der Waals surface area (Å²) in [5, 5.41) is 0.743. The lowest BCUT2D eigenvalue weighted by Crippen LogP contribution is -2.01. The zero-order valence-electron chi connectivity index (χ0n) is 9.87. The minimum absolute atomic E-state index is 0.00808. The maximum absolute atomic E-state index is 13.7. The molecule has 0 spiro atoms. The van der Waals surface area contributed by atoms with Crippen molar-refractivity contribution in [3.63, 3.8) is 0 Å². The molecule has 3 nitrogen and oxygen atoms in total. The van der Waals surface area contributed by atoms with Crippen LogP contribution in [-0.2, 0) is 0 Å². The second kappa shape index (κ2) is 4.61. The molecule has 7 heteroatoms. The normalized spacial score (nSPS) is 11.2. The highest BCUT2D eigenvalue weighted by Gasteiger charge is 2.16. The van der Waals surface area contributed by atoms with E-state index in [0.717, 1.165) is 12.1 Å². The summed E-state index contributed by atoms with van der Waals surface area (Å²) in [7, 11) is 0. The van der Waals surface area contributed by atoms with Gasteiger partial charge in [-0.3, -0.25) is 4.57 Å². The predicted octanol–water partition coefficient (Wildman–Crippen LogP) is 4.19. The third-order valence-electron chi connectivity index (χ3n) is 2.86. The smallest absolute Gasteiger partial charge is 0.206 e. The van der Waals surface area contributed by atoms with Crippen LogP contribution < -0.4 is 5.73 Å². The fraction of sp³-hybridized carbons (Fsp3) is 0. The van der Waals surface area contributed by atoms with E-state index >= 15 is 0 Å². The first-order chi connectivity index (χ1) is 9.47. The van der Waals surface area contributed by atoms with Gasteiger partial charge < -0.3 is 5.73 Å². The van der Waals surface area contributed by atoms with E-state index in [1.807, 2.05) is 0 Å². The molecule has 0 amide bonds. The Bertz CT molecular complexity index is 830. The molecular weight excluding hydrogens is 307 g/mol. The minimum Gasteiger partial charge on any atom is -0.369 e. The molecule has 1 heterocycles. The average molecular weight is 314 g/mol. The van der Waals surface area contributed by atoms with E-state index in [0.29, 0.717) is 15.7 Å². The van der Waals surface area contributed by atoms with E-state index in [4.69, 9.17) is 28.9 Å². The molecule has 0 aliphatic carbocycles. The van der Waals surface area contributed by atoms with Crippen molar-refractivity contribution in [1.29, 1.82) is 0 Å². The third kappa shape index (κ3) is 1.99. The highest BCUT2D eigenvalue weighted by molar-refractivity contribution is 6.35. The van der Waals surface area contributed by atoms with Crippen molar-refractivity contribution in [1.82, 2.24) is 9.55 Å². The Morgan fingerprint density at radius 1 is 1.10 bits per heavy atom. The van der Waals surface area contributed by atoms with Gasteiger partial charge in [-0.05, 0) is 18.2 Å². The van der Waals surface area contributed by atoms with Gasteiger partial charge in [0.2, 0.25) is 5.95 Å². The Morgan fingerprint density at radius 2 is 1.85 bits per heavy atom. The highest BCUT2D eigenvalue weighted by Crippen LogP contribution is 2.31. The van der Waals surface area contributed by atoms with E-state index in [1.165, 1.54) is 10.6 Å². The first kappa shape index (κ1) is 13.1. The van der Waals surface area contributed by atoms with Gasteiger partial charge in [0, 0.05) is 17.2 Å². The summed E-state index contributed by atoms with van der Waals surface area (Å²) in [4.78, 5) is 3.90. The van der Waals surface area contributed by atoms with Gasteiger partial charge in [-0.15, -0.1) is 0 Å². The number of hydrogen-bond donors (Lipinski definition) is 1. The summed E-state index contributed by atoms with van der Waals surface area (Å²) >= 11 is 11.9. The van der Waals surface area contributed by atoms with Crippen LogP contribution in [0.4, 0.5) is 14.7 Å². The number of halogens is 4. The molecule has 0 saturated carbocycles. The van der Waals surface area contributed by atoms with Crippen molar-refractivity contribution >= 4 is 40.2 Å². The average Bonchev–Trinajstić information content (AvgIpc) is 2.67. The molecule has 0 unspecified atom stereocenters. The number of aromatic nitrogens is 2. The largest absolute Gasteiger partial charge is 0.369 e. The van der Waals surface area contributed by atoms with Crippen molar-refractivity contribution in [2.75, 3.05) is 5.73 Å². The molecule has 0 aliphatic heterocycles. The maximum Gasteiger partial charge on any atom is 0.206 e. The van der Waals surface area contributed by atoms with Crippen LogP contribution >= 0.6 is 23.2 Å². The molecule has 2 N–H and O–H groups in total. The second-order valence-corrected chi connectivity index (χ2v) is 5.00. The van der Waals surface area contributed by atoms with E-state index in [9.17, 15) is 8.78 Å². The summed E-state index contributed by atoms with van der Waals surface area (Å²) < 4.78 is 28.5. The lowest BCUT2D eigenvalue weighted by atomic mass is 10.2. The van der Waals surface area contributed by atoms with Crippen LogP contribution in [0, 0.1) is 11.6 Å². The Labute approximate surface area is 122 Å². The summed E-state index contributed by atoms with van der Waals surface area (Å²) in [6.07, 6.45) is 0. The third-order valence-corrected chi connectivity index (χ3v) is 3.39. The lowest BCUT2D eigenvalue weighted by molar-refractivity contribution is 0.590. The lowest BCUT2D eigenvalue weighted by Gasteiger charge is -2.09. The molecule has 0 fully saturated rings. The van der Waals surface area contributed by atoms with Crippen LogP contribution in [0.1, 0.15) is 0 Å². The van der Waals surface area contributed by atoms with Crippen molar-refractivity contribution in [3.05, 3.63) is 52.0 Å². The van der Waals surface area contributed by atoms with Crippen LogP contribution in [0.25, 0.3) is 16.7 Å². The molecular formula is C13H7Cl2F2N3. The van der Waals surface area contributed by atoms with Gasteiger partial charge in [-0.2, -0.15) is 0 Å². The first-order valence-electron chi connectivity index (χ1n) is 5.56. The molecule has 3 aromatic rings. The van der Waals surface area contributed by atoms with Gasteiger partial charge in [0.25, 0.3) is 0 Å². The van der Waals surface area contributed by atoms with Crippen molar-refractivity contribution in [3.8, 4) is 5.69 Å². The zero-order valence-corrected chi connectivity index (χ0v) is 11.4. The summed E-state index contributed by atoms with van der Waals surface area (Å²) in [5.74, 6) is -1.49. The summed E-state index contributed by atoms with van der Waals surface area (Å²) in [6, 6.07) is 6.61. The second-order valence-electron chi connectivity index (χ2n) is 4.16. The summed E-state index contributed by atoms with van der Waals surface area (Å²) in [6.45, 7) is 0. The zero-order chi connectivity index (χ0) is 14.4. The number of fused-ring (bicyclic) bond motifs is 1. The van der Waals surface area contributed by atoms with Crippen LogP contribution in [-0.4, -0.2) is 9.55 Å². The number of benzene rings is 2. The summed E-state index contributed by atoms with van der Waals surface area (Å²) in [5.41, 5.74) is 6.41. The first-order valence-corrected chi connectivity index (χ1v) is 6.31. The minimum atomic E-state index is -0.782. The monoisotopic (exact) mass is 313 g/mol. The van der Waals surface area contributed by atoms with E-state index in [2.05, 4.69) is 4.98 Å². The standard InChI is InChI=1S/C13H7Cl2F2N3/c14-6-1-2-10(8(15)3-6)20-11-5-7(16)4-9(17)12(11)19-13(20)18/h1-5H,(H2,18,19). The Hall–Kier alpha value is -1.85. The van der Waals surface area contributed by atoms with E-state index in [-0.39, 0.29) is 17.0 Å². The van der Waals surface area contributed by atoms with Crippen LogP contribution in [0.5, 0.6) is 0 Å². The van der Waals surface area contributed by atoms with E-state index < -0.39 is 11.6 Å². The van der Waals surface area contributed by atoms with Gasteiger partial charge >= 0.3 is 0 Å². The molecule has 0 aliphatic rings. The molecule has 2 aromatic carbocycles. The quantitative estimate of drug-likeness (QED) is 0.732. The number of imidazole rings is 1. The van der Waals surface area contributed by atoms with E-state index in [1.54, 1.807) is 12.1 Å². The van der Waals surface area contributed by atoms with Crippen molar-refractivity contribution < 1.29 is 8.78 Å². The molecule has 102 valence electrons. The fourth-order valence-corrected chi connectivity index (χ4v) is 2.53. The molecule has 0 bridgehead atoms. The number of nitrogen functional groups attached to an aromatic ring is 1. The maximum atomic E-state index is 13.7. The number of hydrogen-bond acceptors (Lipinski definition) is 2. The number of nitrogens with zero attached hydrogens (tertiary/aromatic N) is 2.